The van der Waals surface area contributed by atoms with Gasteiger partial charge >= 0.3 is 11.9 Å². The summed E-state index contributed by atoms with van der Waals surface area (Å²) >= 11 is 3.51. The Morgan fingerprint density at radius 2 is 2.03 bits per heavy atom. The highest BCUT2D eigenvalue weighted by Gasteiger charge is 2.54. The van der Waals surface area contributed by atoms with Crippen LogP contribution >= 0.6 is 34.9 Å². The van der Waals surface area contributed by atoms with E-state index in [2.05, 4.69) is 20.4 Å². The monoisotopic (exact) mass is 582 g/mol. The number of anilines is 2. The lowest BCUT2D eigenvalue weighted by atomic mass is 10.0. The number of nitrogens with two attached hydrogens (primary N) is 2. The quantitative estimate of drug-likeness (QED) is 0.108. The highest BCUT2D eigenvalue weighted by molar-refractivity contribution is 8.01. The van der Waals surface area contributed by atoms with Gasteiger partial charge in [0.25, 0.3) is 11.8 Å². The standard InChI is InChI=1S/C20H22N8O7S3/c1-3-27-13(21)10(17(31)32)25-20(27)38-5-7-4-36-16-11(15(30)28(16)12(7)18(33)34)24-14(29)9(26-35-2)8-6-37-19(22)23-8/h6,11,16H,3-5,21H2,1-2H3,(H2,22,23)(H,24,29)(H,31,32)(H,33,34)/t11-,16+/m1/s1. The minimum Gasteiger partial charge on any atom is -0.477 e. The minimum atomic E-state index is -1.30. The Labute approximate surface area is 227 Å². The second-order valence-corrected chi connectivity index (χ2v) is 10.7. The minimum absolute atomic E-state index is 0.00115. The van der Waals surface area contributed by atoms with E-state index in [0.29, 0.717) is 17.3 Å². The number of nitrogens with zero attached hydrogens (tertiary/aromatic N) is 5. The SMILES string of the molecule is CCn1c(SCC2=C(C(=O)O)N3C(=O)[C@@H](NC(=O)C(=NOC)c4csc(N)n4)[C@@H]3SC2)nc(C(=O)O)c1N. The summed E-state index contributed by atoms with van der Waals surface area (Å²) in [5, 5.41) is 26.9. The number of aliphatic carboxylic acids is 1. The summed E-state index contributed by atoms with van der Waals surface area (Å²) in [6, 6.07) is -0.994. The molecule has 0 aliphatic carbocycles. The van der Waals surface area contributed by atoms with E-state index in [4.69, 9.17) is 16.3 Å². The van der Waals surface area contributed by atoms with Gasteiger partial charge in [-0.1, -0.05) is 16.9 Å². The number of hydrogen-bond acceptors (Lipinski definition) is 13. The zero-order chi connectivity index (χ0) is 27.7. The van der Waals surface area contributed by atoms with Gasteiger partial charge in [-0.05, 0) is 12.5 Å². The van der Waals surface area contributed by atoms with Crippen molar-refractivity contribution in [1.82, 2.24) is 24.8 Å². The third-order valence-electron chi connectivity index (χ3n) is 5.56. The number of carboxylic acid groups (broad SMARTS) is 2. The second-order valence-electron chi connectivity index (χ2n) is 7.78. The first-order chi connectivity index (χ1) is 18.1. The van der Waals surface area contributed by atoms with Gasteiger partial charge < -0.3 is 36.4 Å². The van der Waals surface area contributed by atoms with Crippen LogP contribution in [0.1, 0.15) is 23.1 Å². The topological polar surface area (TPSA) is 228 Å². The number of hydrogen-bond donors (Lipinski definition) is 5. The summed E-state index contributed by atoms with van der Waals surface area (Å²) in [6.07, 6.45) is 0. The molecule has 2 aliphatic heterocycles. The highest BCUT2D eigenvalue weighted by Crippen LogP contribution is 2.41. The molecule has 2 aromatic rings. The zero-order valence-electron chi connectivity index (χ0n) is 19.9. The van der Waals surface area contributed by atoms with Gasteiger partial charge in [-0.2, -0.15) is 0 Å². The molecule has 7 N–H and O–H groups in total. The summed E-state index contributed by atoms with van der Waals surface area (Å²) in [4.78, 5) is 63.4. The number of nitrogen functional groups attached to an aromatic ring is 2. The molecule has 0 bridgehead atoms. The van der Waals surface area contributed by atoms with Crippen molar-refractivity contribution in [1.29, 1.82) is 0 Å². The molecule has 0 unspecified atom stereocenters. The van der Waals surface area contributed by atoms with E-state index >= 15 is 0 Å². The highest BCUT2D eigenvalue weighted by atomic mass is 32.2. The number of thiazole rings is 1. The molecule has 2 amide bonds. The number of carbonyl (C=O) groups excluding carboxylic acids is 2. The Morgan fingerprint density at radius 3 is 2.61 bits per heavy atom. The van der Waals surface area contributed by atoms with Crippen LogP contribution in [0.5, 0.6) is 0 Å². The average molecular weight is 583 g/mol. The van der Waals surface area contributed by atoms with Crippen LogP contribution < -0.4 is 16.8 Å². The Balaban J connectivity index is 1.51. The van der Waals surface area contributed by atoms with Gasteiger partial charge in [0.15, 0.2) is 21.7 Å². The maximum atomic E-state index is 13.0. The van der Waals surface area contributed by atoms with Crippen LogP contribution in [0.3, 0.4) is 0 Å². The lowest BCUT2D eigenvalue weighted by molar-refractivity contribution is -0.150. The number of aromatic nitrogens is 3. The van der Waals surface area contributed by atoms with Gasteiger partial charge in [0, 0.05) is 23.4 Å². The van der Waals surface area contributed by atoms with E-state index < -0.39 is 35.2 Å². The number of oxime groups is 1. The van der Waals surface area contributed by atoms with Crippen LogP contribution in [0.15, 0.2) is 27.0 Å². The number of carboxylic acids is 2. The average Bonchev–Trinajstić information content (AvgIpc) is 3.45. The van der Waals surface area contributed by atoms with Gasteiger partial charge in [-0.25, -0.2) is 19.6 Å². The zero-order valence-corrected chi connectivity index (χ0v) is 22.4. The number of amides is 2. The number of thioether (sulfide) groups is 2. The number of imidazole rings is 1. The van der Waals surface area contributed by atoms with Gasteiger partial charge in [0.1, 0.15) is 35.7 Å². The maximum absolute atomic E-state index is 13.0. The molecule has 2 aliphatic rings. The van der Waals surface area contributed by atoms with Crippen LogP contribution in [0.2, 0.25) is 0 Å². The predicted octanol–water partition coefficient (Wildman–Crippen LogP) is 0.104. The fourth-order valence-corrected chi connectivity index (χ4v) is 6.97. The normalized spacial score (nSPS) is 19.2. The summed E-state index contributed by atoms with van der Waals surface area (Å²) < 4.78 is 1.52. The summed E-state index contributed by atoms with van der Waals surface area (Å²) in [5.41, 5.74) is 11.5. The molecule has 38 heavy (non-hydrogen) atoms. The fourth-order valence-electron chi connectivity index (χ4n) is 3.87. The van der Waals surface area contributed by atoms with Crippen LogP contribution in [0.4, 0.5) is 10.9 Å². The van der Waals surface area contributed by atoms with Crippen molar-refractivity contribution in [2.75, 3.05) is 30.1 Å². The van der Waals surface area contributed by atoms with E-state index in [1.165, 1.54) is 28.8 Å². The third-order valence-corrected chi connectivity index (χ3v) is 8.64. The number of aromatic carboxylic acids is 1. The Kier molecular flexibility index (Phi) is 7.83. The van der Waals surface area contributed by atoms with Gasteiger partial charge in [-0.15, -0.1) is 23.1 Å². The van der Waals surface area contributed by atoms with Crippen molar-refractivity contribution >= 4 is 75.3 Å². The number of fused-ring (bicyclic) bond motifs is 1. The van der Waals surface area contributed by atoms with Crippen LogP contribution in [0.25, 0.3) is 0 Å². The Bertz CT molecular complexity index is 1380. The molecule has 1 saturated heterocycles. The molecule has 4 rings (SSSR count). The maximum Gasteiger partial charge on any atom is 0.358 e. The number of rotatable bonds is 10. The van der Waals surface area contributed by atoms with Gasteiger partial charge in [0.05, 0.1) is 0 Å². The molecule has 0 spiro atoms. The number of nitrogens with one attached hydrogen (secondary N) is 1. The lowest BCUT2D eigenvalue weighted by Gasteiger charge is -2.49. The predicted molar refractivity (Wildman–Crippen MR) is 140 cm³/mol. The van der Waals surface area contributed by atoms with E-state index in [1.807, 2.05) is 0 Å². The molecule has 2 atom stereocenters. The second kappa shape index (κ2) is 10.9. The molecule has 18 heteroatoms. The third kappa shape index (κ3) is 4.88. The van der Waals surface area contributed by atoms with Crippen molar-refractivity contribution < 1.29 is 34.2 Å². The Morgan fingerprint density at radius 1 is 1.29 bits per heavy atom. The molecule has 0 aromatic carbocycles. The first-order valence-corrected chi connectivity index (χ1v) is 13.8. The van der Waals surface area contributed by atoms with E-state index in [-0.39, 0.29) is 45.3 Å². The fraction of sp³-hybridized carbons (Fsp3) is 0.350. The molecule has 15 nitrogen and oxygen atoms in total. The van der Waals surface area contributed by atoms with Gasteiger partial charge in [-0.3, -0.25) is 14.5 Å². The molecule has 202 valence electrons. The molecular weight excluding hydrogens is 560 g/mol. The van der Waals surface area contributed by atoms with Crippen molar-refractivity contribution in [2.24, 2.45) is 5.16 Å². The molecule has 4 heterocycles. The molecule has 2 aromatic heterocycles. The Hall–Kier alpha value is -3.77. The van der Waals surface area contributed by atoms with E-state index in [9.17, 15) is 29.4 Å². The van der Waals surface area contributed by atoms with Crippen LogP contribution in [-0.4, -0.2) is 89.1 Å². The molecule has 0 radical (unpaired) electrons. The van der Waals surface area contributed by atoms with Crippen molar-refractivity contribution in [2.45, 2.75) is 30.0 Å². The van der Waals surface area contributed by atoms with Crippen LogP contribution in [-0.2, 0) is 25.8 Å². The summed E-state index contributed by atoms with van der Waals surface area (Å²) in [5.74, 6) is -3.50. The lowest BCUT2D eigenvalue weighted by Crippen LogP contribution is -2.71. The van der Waals surface area contributed by atoms with E-state index in [1.54, 1.807) is 6.92 Å². The van der Waals surface area contributed by atoms with Crippen molar-refractivity contribution in [3.63, 3.8) is 0 Å². The first-order valence-electron chi connectivity index (χ1n) is 10.8. The largest absolute Gasteiger partial charge is 0.477 e. The summed E-state index contributed by atoms with van der Waals surface area (Å²) in [7, 11) is 1.25. The van der Waals surface area contributed by atoms with E-state index in [0.717, 1.165) is 28.0 Å². The first kappa shape index (κ1) is 27.3. The molecule has 1 fully saturated rings. The van der Waals surface area contributed by atoms with Crippen molar-refractivity contribution in [3.05, 3.63) is 28.0 Å². The van der Waals surface area contributed by atoms with Gasteiger partial charge in [0.2, 0.25) is 0 Å². The smallest absolute Gasteiger partial charge is 0.358 e. The number of carbonyl (C=O) groups is 4. The molecule has 0 saturated carbocycles. The number of β-lactam (4-membered cyclic amide) rings is 1. The van der Waals surface area contributed by atoms with Crippen molar-refractivity contribution in [3.8, 4) is 0 Å². The van der Waals surface area contributed by atoms with Crippen LogP contribution in [0, 0.1) is 0 Å². The molecular formula is C20H22N8O7S3. The summed E-state index contributed by atoms with van der Waals surface area (Å²) in [6.45, 7) is 2.14.